The average Bonchev–Trinajstić information content (AvgIpc) is 3.21. The molecule has 0 saturated heterocycles. The smallest absolute Gasteiger partial charge is 0.363 e. The summed E-state index contributed by atoms with van der Waals surface area (Å²) in [5, 5.41) is 7.26. The summed E-state index contributed by atoms with van der Waals surface area (Å²) in [6, 6.07) is 15.8. The highest BCUT2D eigenvalue weighted by atomic mass is 19.4. The van der Waals surface area contributed by atoms with Crippen LogP contribution in [0, 0.1) is 0 Å². The maximum Gasteiger partial charge on any atom is 0.410 e. The molecular formula is C23H21F3N4O. The number of nitrogens with one attached hydrogen (secondary N) is 1. The minimum Gasteiger partial charge on any atom is -0.363 e. The van der Waals surface area contributed by atoms with Crippen molar-refractivity contribution in [2.45, 2.75) is 37.5 Å². The van der Waals surface area contributed by atoms with Crippen LogP contribution in [0.2, 0.25) is 0 Å². The Bertz CT molecular complexity index is 1110. The molecule has 5 rings (SSSR count). The zero-order valence-electron chi connectivity index (χ0n) is 16.6. The molecule has 2 aromatic carbocycles. The molecule has 0 fully saturated rings. The van der Waals surface area contributed by atoms with Crippen LogP contribution in [0.5, 0.6) is 0 Å². The van der Waals surface area contributed by atoms with Gasteiger partial charge in [-0.05, 0) is 30.0 Å². The second-order valence-corrected chi connectivity index (χ2v) is 7.95. The van der Waals surface area contributed by atoms with Gasteiger partial charge in [0.15, 0.2) is 11.7 Å². The molecule has 0 saturated carbocycles. The Kier molecular flexibility index (Phi) is 4.72. The van der Waals surface area contributed by atoms with Crippen molar-refractivity contribution in [1.29, 1.82) is 0 Å². The number of halogens is 3. The van der Waals surface area contributed by atoms with Crippen LogP contribution in [0.4, 0.5) is 24.7 Å². The minimum atomic E-state index is -4.48. The van der Waals surface area contributed by atoms with Gasteiger partial charge >= 0.3 is 6.18 Å². The number of aromatic nitrogens is 2. The number of benzene rings is 2. The Hall–Kier alpha value is -3.29. The lowest BCUT2D eigenvalue weighted by Crippen LogP contribution is -2.37. The minimum absolute atomic E-state index is 0.0159. The van der Waals surface area contributed by atoms with Gasteiger partial charge in [-0.25, -0.2) is 4.68 Å². The first kappa shape index (κ1) is 19.7. The van der Waals surface area contributed by atoms with Crippen molar-refractivity contribution in [2.24, 2.45) is 0 Å². The highest BCUT2D eigenvalue weighted by molar-refractivity contribution is 6.06. The van der Waals surface area contributed by atoms with Crippen LogP contribution in [0.1, 0.15) is 46.5 Å². The summed E-state index contributed by atoms with van der Waals surface area (Å²) in [7, 11) is 0. The summed E-state index contributed by atoms with van der Waals surface area (Å²) in [5.74, 6) is -0.177. The van der Waals surface area contributed by atoms with Gasteiger partial charge in [0.1, 0.15) is 5.82 Å². The standard InChI is InChI=1S/C23H21F3N4O/c24-23(25,26)20-13-17(15-7-2-1-3-8-15)27-21-14-18(28-30(20)21)22(31)29-12-6-10-16-9-4-5-11-19(16)29/h1-5,7-9,11,14,17,20,27H,6,10,12-13H2/t17-,20+/m0/s1. The number of anilines is 2. The van der Waals surface area contributed by atoms with Crippen LogP contribution in [0.3, 0.4) is 0 Å². The maximum absolute atomic E-state index is 13.9. The van der Waals surface area contributed by atoms with Crippen LogP contribution >= 0.6 is 0 Å². The number of amides is 1. The Morgan fingerprint density at radius 3 is 2.58 bits per heavy atom. The van der Waals surface area contributed by atoms with E-state index in [4.69, 9.17) is 0 Å². The lowest BCUT2D eigenvalue weighted by atomic mass is 9.97. The van der Waals surface area contributed by atoms with Gasteiger partial charge in [0, 0.05) is 24.7 Å². The summed E-state index contributed by atoms with van der Waals surface area (Å²) in [4.78, 5) is 14.8. The summed E-state index contributed by atoms with van der Waals surface area (Å²) in [6.07, 6.45) is -3.00. The third kappa shape index (κ3) is 3.56. The van der Waals surface area contributed by atoms with Gasteiger partial charge < -0.3 is 10.2 Å². The predicted octanol–water partition coefficient (Wildman–Crippen LogP) is 5.14. The molecule has 3 heterocycles. The molecule has 0 radical (unpaired) electrons. The first-order valence-electron chi connectivity index (χ1n) is 10.3. The van der Waals surface area contributed by atoms with E-state index < -0.39 is 18.3 Å². The molecule has 2 atom stereocenters. The van der Waals surface area contributed by atoms with Crippen molar-refractivity contribution < 1.29 is 18.0 Å². The molecule has 2 aliphatic heterocycles. The SMILES string of the molecule is O=C(c1cc2n(n1)[C@@H](C(F)(F)F)C[C@@H](c1ccccc1)N2)N1CCCc2ccccc21. The highest BCUT2D eigenvalue weighted by Gasteiger charge is 2.47. The topological polar surface area (TPSA) is 50.2 Å². The van der Waals surface area contributed by atoms with Crippen molar-refractivity contribution in [3.05, 3.63) is 77.5 Å². The van der Waals surface area contributed by atoms with E-state index in [1.165, 1.54) is 6.07 Å². The van der Waals surface area contributed by atoms with E-state index in [1.807, 2.05) is 30.3 Å². The zero-order valence-corrected chi connectivity index (χ0v) is 16.6. The third-order valence-electron chi connectivity index (χ3n) is 5.97. The van der Waals surface area contributed by atoms with E-state index in [9.17, 15) is 18.0 Å². The summed E-state index contributed by atoms with van der Waals surface area (Å²) in [5.41, 5.74) is 2.64. The average molecular weight is 426 g/mol. The quantitative estimate of drug-likeness (QED) is 0.618. The van der Waals surface area contributed by atoms with Crippen molar-refractivity contribution in [3.8, 4) is 0 Å². The molecule has 0 aliphatic carbocycles. The normalized spacial score (nSPS) is 20.5. The molecular weight excluding hydrogens is 405 g/mol. The van der Waals surface area contributed by atoms with E-state index in [1.54, 1.807) is 29.2 Å². The van der Waals surface area contributed by atoms with Gasteiger partial charge in [-0.1, -0.05) is 48.5 Å². The Morgan fingerprint density at radius 1 is 1.06 bits per heavy atom. The largest absolute Gasteiger partial charge is 0.410 e. The van der Waals surface area contributed by atoms with Gasteiger partial charge in [-0.15, -0.1) is 0 Å². The Morgan fingerprint density at radius 2 is 1.81 bits per heavy atom. The number of hydrogen-bond donors (Lipinski definition) is 1. The molecule has 0 unspecified atom stereocenters. The van der Waals surface area contributed by atoms with Gasteiger partial charge in [-0.3, -0.25) is 4.79 Å². The molecule has 8 heteroatoms. The number of carbonyl (C=O) groups is 1. The molecule has 1 amide bonds. The fourth-order valence-corrected chi connectivity index (χ4v) is 4.46. The molecule has 0 spiro atoms. The van der Waals surface area contributed by atoms with Gasteiger partial charge in [-0.2, -0.15) is 18.3 Å². The second kappa shape index (κ2) is 7.44. The third-order valence-corrected chi connectivity index (χ3v) is 5.97. The molecule has 1 aromatic heterocycles. The van der Waals surface area contributed by atoms with E-state index >= 15 is 0 Å². The molecule has 0 bridgehead atoms. The van der Waals surface area contributed by atoms with E-state index in [2.05, 4.69) is 10.4 Å². The molecule has 2 aliphatic rings. The summed E-state index contributed by atoms with van der Waals surface area (Å²) < 4.78 is 42.6. The predicted molar refractivity (Wildman–Crippen MR) is 111 cm³/mol. The fourth-order valence-electron chi connectivity index (χ4n) is 4.46. The molecule has 31 heavy (non-hydrogen) atoms. The number of hydrogen-bond acceptors (Lipinski definition) is 3. The molecule has 160 valence electrons. The summed E-state index contributed by atoms with van der Waals surface area (Å²) >= 11 is 0. The summed E-state index contributed by atoms with van der Waals surface area (Å²) in [6.45, 7) is 0.515. The highest BCUT2D eigenvalue weighted by Crippen LogP contribution is 2.43. The molecule has 3 aromatic rings. The molecule has 5 nitrogen and oxygen atoms in total. The van der Waals surface area contributed by atoms with Crippen molar-refractivity contribution >= 4 is 17.4 Å². The van der Waals surface area contributed by atoms with Gasteiger partial charge in [0.05, 0.1) is 6.04 Å². The van der Waals surface area contributed by atoms with Gasteiger partial charge in [0.2, 0.25) is 0 Å². The van der Waals surface area contributed by atoms with E-state index in [-0.39, 0.29) is 23.8 Å². The second-order valence-electron chi connectivity index (χ2n) is 7.95. The lowest BCUT2D eigenvalue weighted by Gasteiger charge is -2.33. The van der Waals surface area contributed by atoms with Crippen molar-refractivity contribution in [3.63, 3.8) is 0 Å². The first-order valence-corrected chi connectivity index (χ1v) is 10.3. The Labute approximate surface area is 177 Å². The number of carbonyl (C=O) groups excluding carboxylic acids is 1. The molecule has 1 N–H and O–H groups in total. The number of para-hydroxylation sites is 1. The van der Waals surface area contributed by atoms with Crippen LogP contribution in [0.25, 0.3) is 0 Å². The maximum atomic E-state index is 13.9. The number of alkyl halides is 3. The van der Waals surface area contributed by atoms with Crippen molar-refractivity contribution in [1.82, 2.24) is 9.78 Å². The van der Waals surface area contributed by atoms with Crippen molar-refractivity contribution in [2.75, 3.05) is 16.8 Å². The number of nitrogens with zero attached hydrogens (tertiary/aromatic N) is 3. The van der Waals surface area contributed by atoms with E-state index in [0.29, 0.717) is 6.54 Å². The first-order chi connectivity index (χ1) is 14.9. The number of aryl methyl sites for hydroxylation is 1. The monoisotopic (exact) mass is 426 g/mol. The van der Waals surface area contributed by atoms with Crippen LogP contribution in [-0.2, 0) is 6.42 Å². The Balaban J connectivity index is 1.50. The van der Waals surface area contributed by atoms with Crippen LogP contribution < -0.4 is 10.2 Å². The fraction of sp³-hybridized carbons (Fsp3) is 0.304. The van der Waals surface area contributed by atoms with Gasteiger partial charge in [0.25, 0.3) is 5.91 Å². The van der Waals surface area contributed by atoms with E-state index in [0.717, 1.165) is 34.3 Å². The van der Waals surface area contributed by atoms with Crippen LogP contribution in [0.15, 0.2) is 60.7 Å². The lowest BCUT2D eigenvalue weighted by molar-refractivity contribution is -0.173. The van der Waals surface area contributed by atoms with Crippen LogP contribution in [-0.4, -0.2) is 28.4 Å². The number of fused-ring (bicyclic) bond motifs is 2. The number of rotatable bonds is 2. The zero-order chi connectivity index (χ0) is 21.6.